The molecule has 0 aliphatic carbocycles. The zero-order chi connectivity index (χ0) is 8.15. The monoisotopic (exact) mass is 186 g/mol. The number of aliphatic hydroxyl groups excluding tert-OH is 2. The van der Waals surface area contributed by atoms with Gasteiger partial charge in [-0.2, -0.15) is 0 Å². The summed E-state index contributed by atoms with van der Waals surface area (Å²) in [7, 11) is 0. The van der Waals surface area contributed by atoms with E-state index in [1.165, 1.54) is 0 Å². The van der Waals surface area contributed by atoms with Gasteiger partial charge in [0.05, 0.1) is 17.4 Å². The highest BCUT2D eigenvalue weighted by atomic mass is 35.5. The molecule has 0 aromatic rings. The molecule has 0 aliphatic rings. The topological polar surface area (TPSA) is 57.5 Å². The Morgan fingerprint density at radius 2 is 2.00 bits per heavy atom. The van der Waals surface area contributed by atoms with Crippen LogP contribution in [0.25, 0.3) is 0 Å². The maximum absolute atomic E-state index is 9.89. The lowest BCUT2D eigenvalue weighted by molar-refractivity contribution is -0.114. The largest absolute Gasteiger partial charge is 0.395 e. The van der Waals surface area contributed by atoms with Crippen molar-refractivity contribution < 1.29 is 15.0 Å². The summed E-state index contributed by atoms with van der Waals surface area (Å²) in [5.74, 6) is 0. The van der Waals surface area contributed by atoms with Crippen LogP contribution < -0.4 is 0 Å². The van der Waals surface area contributed by atoms with E-state index in [9.17, 15) is 4.79 Å². The average molecular weight is 187 g/mol. The second kappa shape index (κ2) is 4.91. The molecule has 0 aromatic carbocycles. The van der Waals surface area contributed by atoms with Crippen LogP contribution in [0.2, 0.25) is 0 Å². The second-order valence-electron chi connectivity index (χ2n) is 1.77. The Bertz CT molecular complexity index is 109. The van der Waals surface area contributed by atoms with Crippen LogP contribution in [-0.4, -0.2) is 40.0 Å². The summed E-state index contributed by atoms with van der Waals surface area (Å²) >= 11 is 10.8. The minimum Gasteiger partial charge on any atom is -0.395 e. The van der Waals surface area contributed by atoms with E-state index in [4.69, 9.17) is 33.4 Å². The van der Waals surface area contributed by atoms with Crippen molar-refractivity contribution in [3.63, 3.8) is 0 Å². The fourth-order valence-electron chi connectivity index (χ4n) is 0.390. The molecule has 10 heavy (non-hydrogen) atoms. The SMILES string of the molecule is O=C[C@H](O)[C@@H](Cl)[C@@H](Cl)CO. The van der Waals surface area contributed by atoms with Gasteiger partial charge in [0, 0.05) is 0 Å². The molecule has 0 spiro atoms. The molecule has 0 rings (SSSR count). The molecular weight excluding hydrogens is 179 g/mol. The maximum atomic E-state index is 9.89. The molecule has 3 atom stereocenters. The summed E-state index contributed by atoms with van der Waals surface area (Å²) < 4.78 is 0. The maximum Gasteiger partial charge on any atom is 0.150 e. The summed E-state index contributed by atoms with van der Waals surface area (Å²) in [6, 6.07) is 0. The first-order valence-corrected chi connectivity index (χ1v) is 3.53. The molecule has 0 bridgehead atoms. The number of rotatable bonds is 4. The number of carbonyl (C=O) groups excluding carboxylic acids is 1. The molecule has 0 saturated heterocycles. The lowest BCUT2D eigenvalue weighted by Gasteiger charge is -2.14. The van der Waals surface area contributed by atoms with Crippen molar-refractivity contribution in [1.29, 1.82) is 0 Å². The Hall–Kier alpha value is 0.170. The Labute approximate surface area is 68.6 Å². The first kappa shape index (κ1) is 10.2. The van der Waals surface area contributed by atoms with Crippen LogP contribution in [0.1, 0.15) is 0 Å². The molecule has 60 valence electrons. The van der Waals surface area contributed by atoms with Crippen molar-refractivity contribution in [1.82, 2.24) is 0 Å². The van der Waals surface area contributed by atoms with E-state index in [0.717, 1.165) is 0 Å². The molecule has 0 radical (unpaired) electrons. The van der Waals surface area contributed by atoms with E-state index in [1.807, 2.05) is 0 Å². The molecule has 0 fully saturated rings. The van der Waals surface area contributed by atoms with Gasteiger partial charge in [-0.1, -0.05) is 0 Å². The smallest absolute Gasteiger partial charge is 0.150 e. The third-order valence-electron chi connectivity index (χ3n) is 0.986. The number of carbonyl (C=O) groups is 1. The summed E-state index contributed by atoms with van der Waals surface area (Å²) in [6.45, 7) is -0.360. The average Bonchev–Trinajstić information content (AvgIpc) is 2.00. The number of halogens is 2. The van der Waals surface area contributed by atoms with Gasteiger partial charge in [0.2, 0.25) is 0 Å². The van der Waals surface area contributed by atoms with Crippen molar-refractivity contribution >= 4 is 29.5 Å². The van der Waals surface area contributed by atoms with Crippen molar-refractivity contribution in [2.75, 3.05) is 6.61 Å². The van der Waals surface area contributed by atoms with E-state index >= 15 is 0 Å². The highest BCUT2D eigenvalue weighted by molar-refractivity contribution is 6.30. The third-order valence-corrected chi connectivity index (χ3v) is 2.09. The quantitative estimate of drug-likeness (QED) is 0.471. The lowest BCUT2D eigenvalue weighted by Crippen LogP contribution is -2.32. The number of hydrogen-bond donors (Lipinski definition) is 2. The van der Waals surface area contributed by atoms with Gasteiger partial charge in [-0.25, -0.2) is 0 Å². The van der Waals surface area contributed by atoms with Gasteiger partial charge in [-0.05, 0) is 0 Å². The molecule has 0 aromatic heterocycles. The van der Waals surface area contributed by atoms with E-state index in [2.05, 4.69) is 0 Å². The third kappa shape index (κ3) is 2.84. The zero-order valence-electron chi connectivity index (χ0n) is 5.08. The van der Waals surface area contributed by atoms with E-state index < -0.39 is 16.9 Å². The Kier molecular flexibility index (Phi) is 4.99. The molecule has 0 unspecified atom stereocenters. The second-order valence-corrected chi connectivity index (χ2v) is 2.83. The summed E-state index contributed by atoms with van der Waals surface area (Å²) in [5, 5.41) is 15.4. The molecule has 0 aliphatic heterocycles. The van der Waals surface area contributed by atoms with Gasteiger partial charge in [0.15, 0.2) is 0 Å². The lowest BCUT2D eigenvalue weighted by atomic mass is 10.2. The summed E-state index contributed by atoms with van der Waals surface area (Å²) in [4.78, 5) is 9.89. The Morgan fingerprint density at radius 1 is 1.50 bits per heavy atom. The molecule has 5 heteroatoms. The minimum atomic E-state index is -1.31. The molecule has 2 N–H and O–H groups in total. The van der Waals surface area contributed by atoms with Crippen LogP contribution in [0.4, 0.5) is 0 Å². The highest BCUT2D eigenvalue weighted by Gasteiger charge is 2.23. The van der Waals surface area contributed by atoms with Crippen LogP contribution in [0.15, 0.2) is 0 Å². The van der Waals surface area contributed by atoms with Gasteiger partial charge in [0.25, 0.3) is 0 Å². The predicted molar refractivity (Wildman–Crippen MR) is 38.4 cm³/mol. The Morgan fingerprint density at radius 3 is 2.30 bits per heavy atom. The van der Waals surface area contributed by atoms with Crippen LogP contribution in [0.3, 0.4) is 0 Å². The highest BCUT2D eigenvalue weighted by Crippen LogP contribution is 2.12. The predicted octanol–water partition coefficient (Wildman–Crippen LogP) is -0.247. The van der Waals surface area contributed by atoms with E-state index in [1.54, 1.807) is 0 Å². The van der Waals surface area contributed by atoms with E-state index in [-0.39, 0.29) is 12.9 Å². The van der Waals surface area contributed by atoms with Gasteiger partial charge in [-0.15, -0.1) is 23.2 Å². The van der Waals surface area contributed by atoms with Crippen molar-refractivity contribution in [2.24, 2.45) is 0 Å². The normalized spacial score (nSPS) is 19.6. The van der Waals surface area contributed by atoms with Crippen LogP contribution in [0.5, 0.6) is 0 Å². The first-order valence-electron chi connectivity index (χ1n) is 2.65. The zero-order valence-corrected chi connectivity index (χ0v) is 6.59. The number of alkyl halides is 2. The number of hydrogen-bond acceptors (Lipinski definition) is 3. The summed E-state index contributed by atoms with van der Waals surface area (Å²) in [5.41, 5.74) is 0. The number of aliphatic hydroxyl groups is 2. The van der Waals surface area contributed by atoms with Crippen LogP contribution in [-0.2, 0) is 4.79 Å². The van der Waals surface area contributed by atoms with Gasteiger partial charge in [0.1, 0.15) is 12.4 Å². The standard InChI is InChI=1S/C5H8Cl2O3/c6-3(1-8)5(7)4(10)2-9/h2-5,8,10H,1H2/t3-,4-,5-/m0/s1. The molecular formula is C5H8Cl2O3. The van der Waals surface area contributed by atoms with E-state index in [0.29, 0.717) is 0 Å². The minimum absolute atomic E-state index is 0.280. The van der Waals surface area contributed by atoms with Crippen LogP contribution >= 0.6 is 23.2 Å². The molecule has 0 saturated carbocycles. The molecule has 0 heterocycles. The van der Waals surface area contributed by atoms with Gasteiger partial charge in [-0.3, -0.25) is 0 Å². The Balaban J connectivity index is 3.80. The van der Waals surface area contributed by atoms with Gasteiger partial charge < -0.3 is 15.0 Å². The number of aldehydes is 1. The van der Waals surface area contributed by atoms with Crippen molar-refractivity contribution in [2.45, 2.75) is 16.9 Å². The summed E-state index contributed by atoms with van der Waals surface area (Å²) in [6.07, 6.45) is -1.03. The fourth-order valence-corrected chi connectivity index (χ4v) is 0.678. The fraction of sp³-hybridized carbons (Fsp3) is 0.800. The van der Waals surface area contributed by atoms with Gasteiger partial charge >= 0.3 is 0 Å². The first-order chi connectivity index (χ1) is 4.63. The van der Waals surface area contributed by atoms with Crippen molar-refractivity contribution in [3.05, 3.63) is 0 Å². The molecule has 3 nitrogen and oxygen atoms in total. The molecule has 0 amide bonds. The van der Waals surface area contributed by atoms with Crippen LogP contribution in [0, 0.1) is 0 Å². The van der Waals surface area contributed by atoms with Crippen molar-refractivity contribution in [3.8, 4) is 0 Å².